The van der Waals surface area contributed by atoms with Gasteiger partial charge in [0.2, 0.25) is 0 Å². The number of aromatic hydroxyl groups is 1. The van der Waals surface area contributed by atoms with Gasteiger partial charge in [0.15, 0.2) is 5.75 Å². The van der Waals surface area contributed by atoms with Crippen molar-refractivity contribution in [1.29, 1.82) is 0 Å². The molecular formula is C22H20FN5O4. The summed E-state index contributed by atoms with van der Waals surface area (Å²) < 4.78 is 16.9. The third-order valence-corrected chi connectivity index (χ3v) is 5.21. The van der Waals surface area contributed by atoms with Crippen LogP contribution >= 0.6 is 0 Å². The summed E-state index contributed by atoms with van der Waals surface area (Å²) in [6.07, 6.45) is 7.03. The maximum absolute atomic E-state index is 13.9. The van der Waals surface area contributed by atoms with Crippen molar-refractivity contribution in [3.8, 4) is 5.75 Å². The lowest BCUT2D eigenvalue weighted by atomic mass is 9.99. The summed E-state index contributed by atoms with van der Waals surface area (Å²) in [6, 6.07) is 6.25. The number of hydrogen-bond acceptors (Lipinski definition) is 6. The van der Waals surface area contributed by atoms with Crippen molar-refractivity contribution in [2.45, 2.75) is 13.0 Å². The van der Waals surface area contributed by atoms with Crippen LogP contribution in [0.1, 0.15) is 27.0 Å². The number of aryl methyl sites for hydroxylation is 1. The molecule has 0 aliphatic carbocycles. The fourth-order valence-corrected chi connectivity index (χ4v) is 3.60. The first-order chi connectivity index (χ1) is 15.4. The Hall–Kier alpha value is -4.05. The number of hydrogen-bond donors (Lipinski definition) is 3. The number of halogens is 1. The number of nitrogens with zero attached hydrogens (tertiary/aromatic N) is 4. The van der Waals surface area contributed by atoms with Crippen molar-refractivity contribution in [2.24, 2.45) is 7.05 Å². The fourth-order valence-electron chi connectivity index (χ4n) is 3.60. The second kappa shape index (κ2) is 8.60. The van der Waals surface area contributed by atoms with Crippen LogP contribution in [0.4, 0.5) is 4.39 Å². The van der Waals surface area contributed by atoms with Crippen molar-refractivity contribution < 1.29 is 19.4 Å². The number of benzene rings is 1. The van der Waals surface area contributed by atoms with Gasteiger partial charge in [0, 0.05) is 32.2 Å². The van der Waals surface area contributed by atoms with Crippen molar-refractivity contribution in [3.63, 3.8) is 0 Å². The number of carbonyl (C=O) groups is 1. The van der Waals surface area contributed by atoms with E-state index in [1.807, 2.05) is 4.57 Å². The summed E-state index contributed by atoms with van der Waals surface area (Å²) in [4.78, 5) is 33.0. The van der Waals surface area contributed by atoms with Crippen molar-refractivity contribution in [2.75, 3.05) is 6.73 Å². The Kier molecular flexibility index (Phi) is 5.69. The molecule has 0 aliphatic rings. The average Bonchev–Trinajstić information content (AvgIpc) is 3.27. The normalized spacial score (nSPS) is 11.1. The molecule has 4 aromatic rings. The number of rotatable bonds is 6. The van der Waals surface area contributed by atoms with Gasteiger partial charge in [-0.1, -0.05) is 6.07 Å². The number of fused-ring (bicyclic) bond motifs is 1. The second-order valence-corrected chi connectivity index (χ2v) is 7.29. The highest BCUT2D eigenvalue weighted by Crippen LogP contribution is 2.26. The molecule has 1 aromatic carbocycles. The molecule has 9 nitrogen and oxygen atoms in total. The number of aliphatic hydroxyl groups is 1. The van der Waals surface area contributed by atoms with E-state index in [1.54, 1.807) is 30.9 Å². The predicted octanol–water partition coefficient (Wildman–Crippen LogP) is 1.29. The number of amides is 1. The Bertz CT molecular complexity index is 1370. The summed E-state index contributed by atoms with van der Waals surface area (Å²) in [5.74, 6) is -1.79. The van der Waals surface area contributed by atoms with Gasteiger partial charge < -0.3 is 24.7 Å². The average molecular weight is 437 g/mol. The lowest BCUT2D eigenvalue weighted by molar-refractivity contribution is 0.0905. The van der Waals surface area contributed by atoms with Crippen molar-refractivity contribution in [1.82, 2.24) is 24.4 Å². The highest BCUT2D eigenvalue weighted by Gasteiger charge is 2.22. The summed E-state index contributed by atoms with van der Waals surface area (Å²) in [5, 5.41) is 21.5. The quantitative estimate of drug-likeness (QED) is 0.391. The van der Waals surface area contributed by atoms with Crippen LogP contribution < -0.4 is 10.9 Å². The molecule has 32 heavy (non-hydrogen) atoms. The summed E-state index contributed by atoms with van der Waals surface area (Å²) in [7, 11) is 1.47. The molecule has 0 fully saturated rings. The molecule has 0 radical (unpaired) electrons. The van der Waals surface area contributed by atoms with Crippen LogP contribution in [0.25, 0.3) is 11.0 Å². The molecule has 0 saturated carbocycles. The maximum atomic E-state index is 13.9. The summed E-state index contributed by atoms with van der Waals surface area (Å²) in [6.45, 7) is -0.235. The molecule has 0 bridgehead atoms. The molecule has 3 aromatic heterocycles. The van der Waals surface area contributed by atoms with Crippen molar-refractivity contribution >= 4 is 16.9 Å². The van der Waals surface area contributed by atoms with Crippen LogP contribution in [0.15, 0.2) is 54.0 Å². The van der Waals surface area contributed by atoms with Crippen LogP contribution in [-0.2, 0) is 20.0 Å². The largest absolute Gasteiger partial charge is 0.505 e. The van der Waals surface area contributed by atoms with E-state index in [4.69, 9.17) is 5.11 Å². The van der Waals surface area contributed by atoms with E-state index in [9.17, 15) is 19.1 Å². The van der Waals surface area contributed by atoms with Gasteiger partial charge in [0.1, 0.15) is 23.6 Å². The number of nitrogens with one attached hydrogen (secondary N) is 1. The van der Waals surface area contributed by atoms with E-state index in [-0.39, 0.29) is 11.3 Å². The molecule has 0 aliphatic heterocycles. The van der Waals surface area contributed by atoms with E-state index >= 15 is 0 Å². The number of imidazole rings is 1. The number of carbonyl (C=O) groups excluding carboxylic acids is 1. The Morgan fingerprint density at radius 2 is 2.06 bits per heavy atom. The van der Waals surface area contributed by atoms with Gasteiger partial charge in [0.25, 0.3) is 11.5 Å². The standard InChI is InChI=1S/C22H20FN5O4/c1-27-17-7-13(9-25-19(17)20(30)18(22(27)32)21(31)26-12-29)6-14-2-3-16(23)8-15(14)10-28-5-4-24-11-28/h2-5,7-9,11,29-30H,6,10,12H2,1H3,(H,26,31). The van der Waals surface area contributed by atoms with Gasteiger partial charge in [-0.05, 0) is 41.3 Å². The molecule has 1 amide bonds. The zero-order valence-electron chi connectivity index (χ0n) is 17.1. The van der Waals surface area contributed by atoms with Crippen LogP contribution in [0.5, 0.6) is 5.75 Å². The minimum absolute atomic E-state index is 0.0803. The van der Waals surface area contributed by atoms with E-state index in [2.05, 4.69) is 15.3 Å². The zero-order chi connectivity index (χ0) is 22.8. The molecule has 0 unspecified atom stereocenters. The number of aliphatic hydroxyl groups excluding tert-OH is 1. The topological polar surface area (TPSA) is 122 Å². The molecule has 0 spiro atoms. The highest BCUT2D eigenvalue weighted by atomic mass is 19.1. The third kappa shape index (κ3) is 3.95. The van der Waals surface area contributed by atoms with Crippen molar-refractivity contribution in [3.05, 3.63) is 87.6 Å². The maximum Gasteiger partial charge on any atom is 0.267 e. The lowest BCUT2D eigenvalue weighted by Crippen LogP contribution is -2.33. The molecule has 3 N–H and O–H groups in total. The minimum Gasteiger partial charge on any atom is -0.505 e. The van der Waals surface area contributed by atoms with Crippen LogP contribution in [-0.4, -0.2) is 42.0 Å². The summed E-state index contributed by atoms with van der Waals surface area (Å²) >= 11 is 0. The van der Waals surface area contributed by atoms with E-state index < -0.39 is 29.5 Å². The fraction of sp³-hybridized carbons (Fsp3) is 0.182. The Balaban J connectivity index is 1.74. The first-order valence-corrected chi connectivity index (χ1v) is 9.71. The molecule has 0 atom stereocenters. The SMILES string of the molecule is Cn1c(=O)c(C(=O)NCO)c(O)c2ncc(Cc3ccc(F)cc3Cn3ccnc3)cc21. The van der Waals surface area contributed by atoms with Gasteiger partial charge in [-0.3, -0.25) is 14.6 Å². The van der Waals surface area contributed by atoms with Gasteiger partial charge in [0.05, 0.1) is 11.8 Å². The molecule has 10 heteroatoms. The second-order valence-electron chi connectivity index (χ2n) is 7.29. The minimum atomic E-state index is -0.895. The molecule has 0 saturated heterocycles. The van der Waals surface area contributed by atoms with E-state index in [0.29, 0.717) is 18.5 Å². The first-order valence-electron chi connectivity index (χ1n) is 9.71. The van der Waals surface area contributed by atoms with Gasteiger partial charge in [-0.15, -0.1) is 0 Å². The van der Waals surface area contributed by atoms with Crippen LogP contribution in [0, 0.1) is 5.82 Å². The number of aromatic nitrogens is 4. The van der Waals surface area contributed by atoms with Gasteiger partial charge in [-0.2, -0.15) is 0 Å². The van der Waals surface area contributed by atoms with E-state index in [1.165, 1.54) is 29.9 Å². The smallest absolute Gasteiger partial charge is 0.267 e. The first kappa shape index (κ1) is 21.2. The zero-order valence-corrected chi connectivity index (χ0v) is 17.1. The monoisotopic (exact) mass is 437 g/mol. The Morgan fingerprint density at radius 1 is 1.25 bits per heavy atom. The van der Waals surface area contributed by atoms with E-state index in [0.717, 1.165) is 16.7 Å². The Labute approximate surface area is 181 Å². The van der Waals surface area contributed by atoms with Gasteiger partial charge >= 0.3 is 0 Å². The Morgan fingerprint density at radius 3 is 2.78 bits per heavy atom. The van der Waals surface area contributed by atoms with Gasteiger partial charge in [-0.25, -0.2) is 9.37 Å². The third-order valence-electron chi connectivity index (χ3n) is 5.21. The highest BCUT2D eigenvalue weighted by molar-refractivity contribution is 6.01. The lowest BCUT2D eigenvalue weighted by Gasteiger charge is -2.13. The molecule has 4 rings (SSSR count). The van der Waals surface area contributed by atoms with Crippen LogP contribution in [0.3, 0.4) is 0 Å². The predicted molar refractivity (Wildman–Crippen MR) is 114 cm³/mol. The summed E-state index contributed by atoms with van der Waals surface area (Å²) in [5.41, 5.74) is 1.58. The molecule has 3 heterocycles. The van der Waals surface area contributed by atoms with Crippen LogP contribution in [0.2, 0.25) is 0 Å². The molecular weight excluding hydrogens is 417 g/mol. The molecule has 164 valence electrons. The number of pyridine rings is 2.